The third-order valence-electron chi connectivity index (χ3n) is 10.4. The third kappa shape index (κ3) is 5.87. The Labute approximate surface area is 321 Å². The summed E-state index contributed by atoms with van der Waals surface area (Å²) in [6, 6.07) is 57.5. The van der Waals surface area contributed by atoms with Crippen LogP contribution in [0.25, 0.3) is 77.8 Å². The number of benzene rings is 7. The molecule has 3 nitrogen and oxygen atoms in total. The standard InChI is InChI=1S/C52H36N2O/c1-3-16-36(17-4-2)45-31-39(35-18-8-5-9-19-35)30-40(34-53)52(45)54-29-28-42-48(54)26-27-50-51(42)47-33-44(38-22-12-7-13-23-38)43(37-20-10-6-11-21-37)32-46(47)41-24-14-15-25-49(41)55-50/h3-33H,1H2,2H3/b17-4-,36-16+. The van der Waals surface area contributed by atoms with Crippen LogP contribution in [-0.4, -0.2) is 4.57 Å². The van der Waals surface area contributed by atoms with Crippen LogP contribution in [0.5, 0.6) is 11.5 Å². The van der Waals surface area contributed by atoms with E-state index in [-0.39, 0.29) is 0 Å². The van der Waals surface area contributed by atoms with Crippen molar-refractivity contribution in [1.82, 2.24) is 4.57 Å². The van der Waals surface area contributed by atoms with Crippen molar-refractivity contribution in [3.63, 3.8) is 0 Å². The molecule has 2 heterocycles. The van der Waals surface area contributed by atoms with Crippen molar-refractivity contribution in [2.24, 2.45) is 0 Å². The van der Waals surface area contributed by atoms with Crippen molar-refractivity contribution in [3.8, 4) is 78.9 Å². The summed E-state index contributed by atoms with van der Waals surface area (Å²) in [5.74, 6) is 1.59. The second-order valence-corrected chi connectivity index (χ2v) is 13.6. The Kier molecular flexibility index (Phi) is 8.63. The lowest BCUT2D eigenvalue weighted by Crippen LogP contribution is -2.03. The van der Waals surface area contributed by atoms with Crippen LogP contribution < -0.4 is 4.74 Å². The Morgan fingerprint density at radius 1 is 0.618 bits per heavy atom. The molecule has 0 bridgehead atoms. The van der Waals surface area contributed by atoms with Gasteiger partial charge in [-0.15, -0.1) is 0 Å². The normalized spacial score (nSPS) is 12.0. The highest BCUT2D eigenvalue weighted by atomic mass is 16.5. The van der Waals surface area contributed by atoms with Crippen molar-refractivity contribution in [3.05, 3.63) is 206 Å². The molecule has 8 aromatic rings. The molecule has 0 spiro atoms. The predicted molar refractivity (Wildman–Crippen MR) is 228 cm³/mol. The van der Waals surface area contributed by atoms with E-state index in [2.05, 4.69) is 151 Å². The highest BCUT2D eigenvalue weighted by Crippen LogP contribution is 2.52. The van der Waals surface area contributed by atoms with Crippen LogP contribution in [0.2, 0.25) is 0 Å². The lowest BCUT2D eigenvalue weighted by Gasteiger charge is -2.19. The van der Waals surface area contributed by atoms with Crippen molar-refractivity contribution < 1.29 is 4.74 Å². The van der Waals surface area contributed by atoms with Gasteiger partial charge in [-0.2, -0.15) is 5.26 Å². The van der Waals surface area contributed by atoms with Crippen LogP contribution >= 0.6 is 0 Å². The zero-order chi connectivity index (χ0) is 37.3. The molecule has 0 saturated carbocycles. The number of hydrogen-bond donors (Lipinski definition) is 0. The maximum Gasteiger partial charge on any atom is 0.136 e. The van der Waals surface area contributed by atoms with E-state index in [0.717, 1.165) is 94.9 Å². The summed E-state index contributed by atoms with van der Waals surface area (Å²) in [4.78, 5) is 0. The Balaban J connectivity index is 1.35. The van der Waals surface area contributed by atoms with Crippen LogP contribution in [-0.2, 0) is 0 Å². The SMILES string of the molecule is C=C/C=C(\C=C/C)c1cc(-c2ccccc2)cc(C#N)c1-n1ccc2c3c(ccc21)Oc1ccccc1-c1cc(-c2ccccc2)c(-c2ccccc2)cc1-3. The molecule has 1 aliphatic heterocycles. The van der Waals surface area contributed by atoms with Gasteiger partial charge in [0.25, 0.3) is 0 Å². The fourth-order valence-electron chi connectivity index (χ4n) is 7.93. The molecule has 7 aromatic carbocycles. The van der Waals surface area contributed by atoms with E-state index in [1.807, 2.05) is 55.5 Å². The molecule has 0 amide bonds. The molecule has 260 valence electrons. The second-order valence-electron chi connectivity index (χ2n) is 13.6. The maximum atomic E-state index is 10.8. The van der Waals surface area contributed by atoms with Gasteiger partial charge in [0.05, 0.1) is 16.8 Å². The maximum absolute atomic E-state index is 10.8. The van der Waals surface area contributed by atoms with Gasteiger partial charge in [0.2, 0.25) is 0 Å². The molecule has 9 rings (SSSR count). The van der Waals surface area contributed by atoms with Crippen LogP contribution in [0.4, 0.5) is 0 Å². The first kappa shape index (κ1) is 33.4. The van der Waals surface area contributed by atoms with Crippen LogP contribution in [0.15, 0.2) is 195 Å². The zero-order valence-corrected chi connectivity index (χ0v) is 30.4. The molecule has 3 heteroatoms. The molecule has 1 aromatic heterocycles. The third-order valence-corrected chi connectivity index (χ3v) is 10.4. The van der Waals surface area contributed by atoms with E-state index in [1.165, 1.54) is 0 Å². The number of fused-ring (bicyclic) bond motifs is 7. The van der Waals surface area contributed by atoms with Gasteiger partial charge in [-0.3, -0.25) is 0 Å². The average Bonchev–Trinajstić information content (AvgIpc) is 3.61. The summed E-state index contributed by atoms with van der Waals surface area (Å²) in [6.07, 6.45) is 9.98. The van der Waals surface area contributed by atoms with Gasteiger partial charge in [0.15, 0.2) is 0 Å². The monoisotopic (exact) mass is 704 g/mol. The van der Waals surface area contributed by atoms with Crippen LogP contribution in [0, 0.1) is 11.3 Å². The lowest BCUT2D eigenvalue weighted by atomic mass is 9.85. The molecule has 1 aliphatic rings. The number of nitrogens with zero attached hydrogens (tertiary/aromatic N) is 2. The minimum atomic E-state index is 0.575. The molecule has 0 radical (unpaired) electrons. The molecule has 0 N–H and O–H groups in total. The summed E-state index contributed by atoms with van der Waals surface area (Å²) in [7, 11) is 0. The Morgan fingerprint density at radius 3 is 1.91 bits per heavy atom. The van der Waals surface area contributed by atoms with E-state index in [1.54, 1.807) is 6.08 Å². The van der Waals surface area contributed by atoms with Gasteiger partial charge in [-0.25, -0.2) is 0 Å². The Morgan fingerprint density at radius 2 is 1.25 bits per heavy atom. The van der Waals surface area contributed by atoms with E-state index in [4.69, 9.17) is 4.74 Å². The first-order chi connectivity index (χ1) is 27.2. The van der Waals surface area contributed by atoms with Crippen LogP contribution in [0.3, 0.4) is 0 Å². The molecule has 55 heavy (non-hydrogen) atoms. The van der Waals surface area contributed by atoms with Gasteiger partial charge < -0.3 is 9.30 Å². The molecule has 0 fully saturated rings. The molecular weight excluding hydrogens is 669 g/mol. The summed E-state index contributed by atoms with van der Waals surface area (Å²) in [6.45, 7) is 6.03. The van der Waals surface area contributed by atoms with Crippen molar-refractivity contribution >= 4 is 16.5 Å². The molecule has 0 atom stereocenters. The molecular formula is C52H36N2O. The largest absolute Gasteiger partial charge is 0.456 e. The lowest BCUT2D eigenvalue weighted by molar-refractivity contribution is 0.488. The number of rotatable bonds is 7. The van der Waals surface area contributed by atoms with E-state index >= 15 is 0 Å². The second kappa shape index (κ2) is 14.2. The number of nitriles is 1. The number of allylic oxidation sites excluding steroid dienone is 5. The van der Waals surface area contributed by atoms with E-state index in [0.29, 0.717) is 5.56 Å². The topological polar surface area (TPSA) is 38.0 Å². The number of hydrogen-bond acceptors (Lipinski definition) is 2. The Hall–Kier alpha value is -7.41. The number of para-hydroxylation sites is 1. The van der Waals surface area contributed by atoms with Gasteiger partial charge in [-0.05, 0) is 106 Å². The van der Waals surface area contributed by atoms with Crippen molar-refractivity contribution in [2.45, 2.75) is 6.92 Å². The molecule has 0 aliphatic carbocycles. The van der Waals surface area contributed by atoms with Gasteiger partial charge >= 0.3 is 0 Å². The fraction of sp³-hybridized carbons (Fsp3) is 0.0192. The fourth-order valence-corrected chi connectivity index (χ4v) is 7.93. The van der Waals surface area contributed by atoms with Gasteiger partial charge in [0, 0.05) is 28.3 Å². The summed E-state index contributed by atoms with van der Waals surface area (Å²) in [5.41, 5.74) is 15.1. The first-order valence-corrected chi connectivity index (χ1v) is 18.5. The van der Waals surface area contributed by atoms with Gasteiger partial charge in [-0.1, -0.05) is 140 Å². The van der Waals surface area contributed by atoms with Gasteiger partial charge in [0.1, 0.15) is 17.6 Å². The average molecular weight is 705 g/mol. The summed E-state index contributed by atoms with van der Waals surface area (Å²) >= 11 is 0. The zero-order valence-electron chi connectivity index (χ0n) is 30.4. The minimum absolute atomic E-state index is 0.575. The van der Waals surface area contributed by atoms with Crippen molar-refractivity contribution in [2.75, 3.05) is 0 Å². The number of ether oxygens (including phenoxy) is 1. The smallest absolute Gasteiger partial charge is 0.136 e. The highest BCUT2D eigenvalue weighted by Gasteiger charge is 2.27. The Bertz CT molecular complexity index is 2850. The first-order valence-electron chi connectivity index (χ1n) is 18.5. The quantitative estimate of drug-likeness (QED) is 0.155. The number of aromatic nitrogens is 1. The van der Waals surface area contributed by atoms with Crippen LogP contribution in [0.1, 0.15) is 18.1 Å². The minimum Gasteiger partial charge on any atom is -0.456 e. The summed E-state index contributed by atoms with van der Waals surface area (Å²) in [5, 5.41) is 11.8. The predicted octanol–water partition coefficient (Wildman–Crippen LogP) is 14.1. The summed E-state index contributed by atoms with van der Waals surface area (Å²) < 4.78 is 9.00. The molecule has 0 unspecified atom stereocenters. The molecule has 0 saturated heterocycles. The van der Waals surface area contributed by atoms with E-state index < -0.39 is 0 Å². The highest BCUT2D eigenvalue weighted by molar-refractivity contribution is 6.07. The van der Waals surface area contributed by atoms with E-state index in [9.17, 15) is 5.26 Å². The van der Waals surface area contributed by atoms with Crippen molar-refractivity contribution in [1.29, 1.82) is 5.26 Å².